The summed E-state index contributed by atoms with van der Waals surface area (Å²) in [6.07, 6.45) is 7.38. The molecule has 1 aliphatic heterocycles. The van der Waals surface area contributed by atoms with Crippen molar-refractivity contribution in [3.63, 3.8) is 0 Å². The summed E-state index contributed by atoms with van der Waals surface area (Å²) in [7, 11) is 0. The predicted molar refractivity (Wildman–Crippen MR) is 87.6 cm³/mol. The highest BCUT2D eigenvalue weighted by molar-refractivity contribution is 5.40. The summed E-state index contributed by atoms with van der Waals surface area (Å²) in [5, 5.41) is 13.3. The summed E-state index contributed by atoms with van der Waals surface area (Å²) in [5.41, 5.74) is 2.55. The van der Waals surface area contributed by atoms with Crippen LogP contribution in [0.2, 0.25) is 0 Å². The molecule has 0 amide bonds. The van der Waals surface area contributed by atoms with Crippen LogP contribution in [0.3, 0.4) is 0 Å². The molecule has 1 aliphatic carbocycles. The van der Waals surface area contributed by atoms with Crippen LogP contribution < -0.4 is 10.5 Å². The van der Waals surface area contributed by atoms with Gasteiger partial charge in [-0.15, -0.1) is 0 Å². The van der Waals surface area contributed by atoms with Gasteiger partial charge in [0.25, 0.3) is 5.56 Å². The third-order valence-electron chi connectivity index (χ3n) is 4.74. The SMILES string of the molecule is N#Cc1cnc(N2CC(Cn3nc4c(cc3=O)CCCC4)C2)cn1. The topological polar surface area (TPSA) is 87.7 Å². The van der Waals surface area contributed by atoms with E-state index in [-0.39, 0.29) is 5.56 Å². The van der Waals surface area contributed by atoms with Gasteiger partial charge >= 0.3 is 0 Å². The summed E-state index contributed by atoms with van der Waals surface area (Å²) in [6, 6.07) is 3.73. The Labute approximate surface area is 139 Å². The molecule has 0 radical (unpaired) electrons. The van der Waals surface area contributed by atoms with Gasteiger partial charge in [0.1, 0.15) is 11.9 Å². The Kier molecular flexibility index (Phi) is 3.73. The number of fused-ring (bicyclic) bond motifs is 1. The minimum absolute atomic E-state index is 0.00673. The van der Waals surface area contributed by atoms with E-state index in [0.717, 1.165) is 55.8 Å². The highest BCUT2D eigenvalue weighted by atomic mass is 16.1. The molecule has 0 saturated carbocycles. The fraction of sp³-hybridized carbons (Fsp3) is 0.471. The Morgan fingerprint density at radius 2 is 2.04 bits per heavy atom. The van der Waals surface area contributed by atoms with Gasteiger partial charge in [0.2, 0.25) is 0 Å². The lowest BCUT2D eigenvalue weighted by atomic mass is 9.96. The number of aryl methyl sites for hydroxylation is 2. The molecule has 0 bridgehead atoms. The van der Waals surface area contributed by atoms with Crippen LogP contribution in [-0.2, 0) is 19.4 Å². The predicted octanol–water partition coefficient (Wildman–Crippen LogP) is 0.920. The zero-order chi connectivity index (χ0) is 16.5. The molecule has 2 aromatic heterocycles. The van der Waals surface area contributed by atoms with Crippen LogP contribution >= 0.6 is 0 Å². The molecule has 0 N–H and O–H groups in total. The Hall–Kier alpha value is -2.75. The maximum Gasteiger partial charge on any atom is 0.267 e. The van der Waals surface area contributed by atoms with Gasteiger partial charge in [-0.05, 0) is 31.2 Å². The van der Waals surface area contributed by atoms with Gasteiger partial charge in [0, 0.05) is 25.1 Å². The first-order valence-electron chi connectivity index (χ1n) is 8.30. The van der Waals surface area contributed by atoms with Gasteiger partial charge in [0.05, 0.1) is 24.6 Å². The molecule has 7 nitrogen and oxygen atoms in total. The van der Waals surface area contributed by atoms with E-state index >= 15 is 0 Å². The third-order valence-corrected chi connectivity index (χ3v) is 4.74. The van der Waals surface area contributed by atoms with E-state index in [1.54, 1.807) is 16.9 Å². The van der Waals surface area contributed by atoms with E-state index in [9.17, 15) is 4.79 Å². The van der Waals surface area contributed by atoms with Gasteiger partial charge in [-0.3, -0.25) is 4.79 Å². The molecule has 24 heavy (non-hydrogen) atoms. The number of nitriles is 1. The Morgan fingerprint density at radius 1 is 1.21 bits per heavy atom. The van der Waals surface area contributed by atoms with Crippen molar-refractivity contribution in [3.8, 4) is 6.07 Å². The molecular formula is C17H18N6O. The quantitative estimate of drug-likeness (QED) is 0.835. The first kappa shape index (κ1) is 14.8. The second kappa shape index (κ2) is 6.04. The van der Waals surface area contributed by atoms with E-state index in [0.29, 0.717) is 18.2 Å². The van der Waals surface area contributed by atoms with Crippen LogP contribution in [0.4, 0.5) is 5.82 Å². The standard InChI is InChI=1S/C17H18N6O/c18-6-14-7-20-16(8-19-14)22-9-12(10-22)11-23-17(24)5-13-3-1-2-4-15(13)21-23/h5,7-8,12H,1-4,9-11H2. The van der Waals surface area contributed by atoms with Crippen molar-refractivity contribution in [2.75, 3.05) is 18.0 Å². The lowest BCUT2D eigenvalue weighted by molar-refractivity contribution is 0.329. The molecule has 4 rings (SSSR count). The second-order valence-electron chi connectivity index (χ2n) is 6.49. The van der Waals surface area contributed by atoms with Crippen LogP contribution in [0.5, 0.6) is 0 Å². The lowest BCUT2D eigenvalue weighted by Gasteiger charge is -2.39. The number of hydrogen-bond acceptors (Lipinski definition) is 6. The smallest absolute Gasteiger partial charge is 0.267 e. The molecule has 7 heteroatoms. The van der Waals surface area contributed by atoms with Crippen LogP contribution in [0.1, 0.15) is 29.8 Å². The fourth-order valence-corrected chi connectivity index (χ4v) is 3.39. The van der Waals surface area contributed by atoms with Crippen molar-refractivity contribution < 1.29 is 0 Å². The molecule has 0 unspecified atom stereocenters. The van der Waals surface area contributed by atoms with E-state index in [1.807, 2.05) is 6.07 Å². The van der Waals surface area contributed by atoms with E-state index in [4.69, 9.17) is 5.26 Å². The molecule has 0 aromatic carbocycles. The van der Waals surface area contributed by atoms with Crippen LogP contribution in [0, 0.1) is 17.2 Å². The van der Waals surface area contributed by atoms with Crippen molar-refractivity contribution in [1.82, 2.24) is 19.7 Å². The maximum absolute atomic E-state index is 12.2. The minimum atomic E-state index is 0.00673. The molecule has 1 saturated heterocycles. The van der Waals surface area contributed by atoms with Crippen LogP contribution in [0.15, 0.2) is 23.3 Å². The molecule has 0 spiro atoms. The van der Waals surface area contributed by atoms with Crippen molar-refractivity contribution >= 4 is 5.82 Å². The molecule has 1 fully saturated rings. The molecule has 2 aromatic rings. The van der Waals surface area contributed by atoms with Crippen molar-refractivity contribution in [2.45, 2.75) is 32.2 Å². The minimum Gasteiger partial charge on any atom is -0.355 e. The average Bonchev–Trinajstić information content (AvgIpc) is 2.58. The normalized spacial score (nSPS) is 17.0. The number of anilines is 1. The molecular weight excluding hydrogens is 304 g/mol. The van der Waals surface area contributed by atoms with E-state index < -0.39 is 0 Å². The fourth-order valence-electron chi connectivity index (χ4n) is 3.39. The van der Waals surface area contributed by atoms with Crippen molar-refractivity contribution in [1.29, 1.82) is 5.26 Å². The van der Waals surface area contributed by atoms with Crippen molar-refractivity contribution in [2.24, 2.45) is 5.92 Å². The Bertz CT molecular complexity index is 845. The van der Waals surface area contributed by atoms with E-state index in [1.165, 1.54) is 6.20 Å². The van der Waals surface area contributed by atoms with Gasteiger partial charge in [-0.1, -0.05) is 0 Å². The average molecular weight is 322 g/mol. The molecule has 0 atom stereocenters. The number of rotatable bonds is 3. The Balaban J connectivity index is 1.41. The van der Waals surface area contributed by atoms with Crippen LogP contribution in [0.25, 0.3) is 0 Å². The highest BCUT2D eigenvalue weighted by Gasteiger charge is 2.29. The van der Waals surface area contributed by atoms with Crippen molar-refractivity contribution in [3.05, 3.63) is 45.8 Å². The van der Waals surface area contributed by atoms with Crippen LogP contribution in [-0.4, -0.2) is 32.8 Å². The summed E-state index contributed by atoms with van der Waals surface area (Å²) >= 11 is 0. The highest BCUT2D eigenvalue weighted by Crippen LogP contribution is 2.23. The molecule has 2 aliphatic rings. The van der Waals surface area contributed by atoms with Gasteiger partial charge in [-0.2, -0.15) is 10.4 Å². The summed E-state index contributed by atoms with van der Waals surface area (Å²) in [5.74, 6) is 1.16. The monoisotopic (exact) mass is 322 g/mol. The number of hydrogen-bond donors (Lipinski definition) is 0. The summed E-state index contributed by atoms with van der Waals surface area (Å²) < 4.78 is 1.62. The summed E-state index contributed by atoms with van der Waals surface area (Å²) in [6.45, 7) is 2.30. The van der Waals surface area contributed by atoms with Gasteiger partial charge in [-0.25, -0.2) is 14.6 Å². The number of aromatic nitrogens is 4. The van der Waals surface area contributed by atoms with E-state index in [2.05, 4.69) is 20.0 Å². The second-order valence-corrected chi connectivity index (χ2v) is 6.49. The maximum atomic E-state index is 12.2. The van der Waals surface area contributed by atoms with Gasteiger partial charge < -0.3 is 4.90 Å². The Morgan fingerprint density at radius 3 is 2.79 bits per heavy atom. The lowest BCUT2D eigenvalue weighted by Crippen LogP contribution is -2.50. The number of nitrogens with zero attached hydrogens (tertiary/aromatic N) is 6. The summed E-state index contributed by atoms with van der Waals surface area (Å²) in [4.78, 5) is 22.6. The molecule has 122 valence electrons. The first-order chi connectivity index (χ1) is 11.7. The largest absolute Gasteiger partial charge is 0.355 e. The first-order valence-corrected chi connectivity index (χ1v) is 8.30. The van der Waals surface area contributed by atoms with Gasteiger partial charge in [0.15, 0.2) is 5.69 Å². The zero-order valence-electron chi connectivity index (χ0n) is 13.4. The zero-order valence-corrected chi connectivity index (χ0v) is 13.4. The third kappa shape index (κ3) is 2.75. The molecule has 3 heterocycles.